The average molecular weight is 283 g/mol. The Morgan fingerprint density at radius 1 is 1.63 bits per heavy atom. The summed E-state index contributed by atoms with van der Waals surface area (Å²) < 4.78 is 9.30. The monoisotopic (exact) mass is 283 g/mol. The molecule has 0 radical (unpaired) electrons. The van der Waals surface area contributed by atoms with Crippen molar-refractivity contribution in [2.45, 2.75) is 6.92 Å². The molecule has 100 valence electrons. The van der Waals surface area contributed by atoms with Crippen molar-refractivity contribution >= 4 is 28.4 Å². The van der Waals surface area contributed by atoms with E-state index in [-0.39, 0.29) is 35.5 Å². The fourth-order valence-corrected chi connectivity index (χ4v) is 1.79. The van der Waals surface area contributed by atoms with E-state index in [2.05, 4.69) is 19.9 Å². The van der Waals surface area contributed by atoms with Gasteiger partial charge in [-0.15, -0.1) is 21.6 Å². The van der Waals surface area contributed by atoms with Gasteiger partial charge < -0.3 is 14.6 Å². The number of hydrogen-bond acceptors (Lipinski definition) is 9. The maximum atomic E-state index is 11.3. The molecule has 0 unspecified atom stereocenters. The summed E-state index contributed by atoms with van der Waals surface area (Å²) in [4.78, 5) is 26.3. The fraction of sp³-hybridized carbons (Fsp3) is 0.300. The zero-order valence-electron chi connectivity index (χ0n) is 9.82. The molecule has 1 aliphatic rings. The lowest BCUT2D eigenvalue weighted by molar-refractivity contribution is -0.136. The van der Waals surface area contributed by atoms with Gasteiger partial charge >= 0.3 is 11.9 Å². The van der Waals surface area contributed by atoms with Crippen molar-refractivity contribution in [3.05, 3.63) is 22.5 Å². The second kappa shape index (κ2) is 5.57. The van der Waals surface area contributed by atoms with Crippen LogP contribution in [0, 0.1) is 0 Å². The number of azo groups is 1. The van der Waals surface area contributed by atoms with Gasteiger partial charge in [-0.2, -0.15) is 0 Å². The van der Waals surface area contributed by atoms with E-state index in [4.69, 9.17) is 4.74 Å². The molecule has 0 spiro atoms. The van der Waals surface area contributed by atoms with Gasteiger partial charge in [0.15, 0.2) is 18.1 Å². The molecule has 1 aromatic rings. The molecule has 0 aromatic carbocycles. The Hall–Kier alpha value is -2.29. The highest BCUT2D eigenvalue weighted by atomic mass is 32.1. The summed E-state index contributed by atoms with van der Waals surface area (Å²) in [5, 5.41) is 18.1. The number of carbonyl (C=O) groups excluding carboxylic acids is 2. The van der Waals surface area contributed by atoms with Crippen LogP contribution in [-0.2, 0) is 14.3 Å². The molecule has 1 aliphatic heterocycles. The first-order chi connectivity index (χ1) is 9.11. The van der Waals surface area contributed by atoms with E-state index in [9.17, 15) is 14.7 Å². The highest BCUT2D eigenvalue weighted by Gasteiger charge is 2.25. The van der Waals surface area contributed by atoms with Crippen molar-refractivity contribution in [3.63, 3.8) is 0 Å². The number of thiazole rings is 1. The average Bonchev–Trinajstić information content (AvgIpc) is 2.96. The van der Waals surface area contributed by atoms with Crippen LogP contribution in [0.25, 0.3) is 0 Å². The van der Waals surface area contributed by atoms with Crippen LogP contribution in [0.3, 0.4) is 0 Å². The van der Waals surface area contributed by atoms with Crippen molar-refractivity contribution in [2.75, 3.05) is 13.2 Å². The first-order valence-electron chi connectivity index (χ1n) is 5.25. The van der Waals surface area contributed by atoms with Crippen LogP contribution < -0.4 is 0 Å². The number of cyclic esters (lactones) is 1. The van der Waals surface area contributed by atoms with E-state index in [0.29, 0.717) is 0 Å². The summed E-state index contributed by atoms with van der Waals surface area (Å²) in [5.41, 5.74) is -0.138. The molecular formula is C10H9N3O5S. The maximum Gasteiger partial charge on any atom is 0.362 e. The largest absolute Gasteiger partial charge is 0.506 e. The van der Waals surface area contributed by atoms with Crippen molar-refractivity contribution in [2.24, 2.45) is 10.2 Å². The Bertz CT molecular complexity index is 577. The van der Waals surface area contributed by atoms with Gasteiger partial charge in [0.1, 0.15) is 0 Å². The molecule has 1 N–H and O–H groups in total. The fourth-order valence-electron chi connectivity index (χ4n) is 1.19. The molecule has 0 aliphatic carbocycles. The van der Waals surface area contributed by atoms with E-state index in [1.807, 2.05) is 0 Å². The first-order valence-corrected chi connectivity index (χ1v) is 6.13. The quantitative estimate of drug-likeness (QED) is 0.665. The topological polar surface area (TPSA) is 110 Å². The van der Waals surface area contributed by atoms with Gasteiger partial charge in [0.2, 0.25) is 10.8 Å². The Kier molecular flexibility index (Phi) is 3.85. The van der Waals surface area contributed by atoms with E-state index >= 15 is 0 Å². The van der Waals surface area contributed by atoms with Crippen LogP contribution in [0.5, 0.6) is 0 Å². The molecule has 0 saturated carbocycles. The number of aliphatic hydroxyl groups excluding tert-OH is 1. The van der Waals surface area contributed by atoms with E-state index < -0.39 is 11.9 Å². The molecule has 2 heterocycles. The zero-order chi connectivity index (χ0) is 13.8. The van der Waals surface area contributed by atoms with Gasteiger partial charge in [0.25, 0.3) is 0 Å². The van der Waals surface area contributed by atoms with Crippen LogP contribution in [0.4, 0.5) is 5.13 Å². The smallest absolute Gasteiger partial charge is 0.362 e. The van der Waals surface area contributed by atoms with Crippen molar-refractivity contribution in [1.29, 1.82) is 0 Å². The highest BCUT2D eigenvalue weighted by Crippen LogP contribution is 2.22. The second-order valence-corrected chi connectivity index (χ2v) is 4.14. The number of aliphatic hydroxyl groups is 1. The molecule has 0 atom stereocenters. The van der Waals surface area contributed by atoms with Crippen molar-refractivity contribution in [3.8, 4) is 0 Å². The van der Waals surface area contributed by atoms with Gasteiger partial charge in [-0.1, -0.05) is 0 Å². The highest BCUT2D eigenvalue weighted by molar-refractivity contribution is 7.13. The summed E-state index contributed by atoms with van der Waals surface area (Å²) in [6.07, 6.45) is 0. The van der Waals surface area contributed by atoms with Gasteiger partial charge in [0.05, 0.1) is 6.61 Å². The Morgan fingerprint density at radius 2 is 2.42 bits per heavy atom. The number of aromatic nitrogens is 1. The van der Waals surface area contributed by atoms with Crippen LogP contribution >= 0.6 is 11.3 Å². The summed E-state index contributed by atoms with van der Waals surface area (Å²) >= 11 is 1.06. The molecule has 0 saturated heterocycles. The van der Waals surface area contributed by atoms with Crippen molar-refractivity contribution < 1.29 is 24.2 Å². The van der Waals surface area contributed by atoms with E-state index in [1.165, 1.54) is 5.38 Å². The molecule has 0 bridgehead atoms. The number of carbonyl (C=O) groups is 2. The van der Waals surface area contributed by atoms with Crippen LogP contribution in [0.2, 0.25) is 0 Å². The van der Waals surface area contributed by atoms with Crippen LogP contribution in [0.1, 0.15) is 17.4 Å². The molecular weight excluding hydrogens is 274 g/mol. The lowest BCUT2D eigenvalue weighted by Gasteiger charge is -1.95. The molecule has 2 rings (SSSR count). The van der Waals surface area contributed by atoms with Gasteiger partial charge in [-0.3, -0.25) is 0 Å². The maximum absolute atomic E-state index is 11.3. The minimum absolute atomic E-state index is 0.119. The number of rotatable bonds is 4. The molecule has 19 heavy (non-hydrogen) atoms. The number of esters is 2. The minimum Gasteiger partial charge on any atom is -0.506 e. The van der Waals surface area contributed by atoms with Gasteiger partial charge in [-0.05, 0) is 6.92 Å². The molecule has 0 fully saturated rings. The predicted octanol–water partition coefficient (Wildman–Crippen LogP) is 1.73. The predicted molar refractivity (Wildman–Crippen MR) is 63.2 cm³/mol. The Labute approximate surface area is 111 Å². The first kappa shape index (κ1) is 13.1. The Morgan fingerprint density at radius 3 is 3.05 bits per heavy atom. The van der Waals surface area contributed by atoms with E-state index in [0.717, 1.165) is 11.3 Å². The number of ether oxygens (including phenoxy) is 2. The van der Waals surface area contributed by atoms with Crippen LogP contribution in [-0.4, -0.2) is 35.2 Å². The summed E-state index contributed by atoms with van der Waals surface area (Å²) in [6.45, 7) is 1.73. The zero-order valence-corrected chi connectivity index (χ0v) is 10.6. The number of nitrogens with zero attached hydrogens (tertiary/aromatic N) is 3. The molecule has 1 aromatic heterocycles. The lowest BCUT2D eigenvalue weighted by Crippen LogP contribution is -2.04. The van der Waals surface area contributed by atoms with Gasteiger partial charge in [0, 0.05) is 5.38 Å². The molecule has 8 nitrogen and oxygen atoms in total. The van der Waals surface area contributed by atoms with Crippen LogP contribution in [0.15, 0.2) is 27.1 Å². The summed E-state index contributed by atoms with van der Waals surface area (Å²) in [6, 6.07) is 0. The third-order valence-electron chi connectivity index (χ3n) is 2.02. The molecule has 0 amide bonds. The summed E-state index contributed by atoms with van der Waals surface area (Å²) in [7, 11) is 0. The minimum atomic E-state index is -0.747. The number of hydrogen-bond donors (Lipinski definition) is 1. The third-order valence-corrected chi connectivity index (χ3v) is 2.74. The van der Waals surface area contributed by atoms with Crippen molar-refractivity contribution in [1.82, 2.24) is 4.98 Å². The molecule has 9 heteroatoms. The Balaban J connectivity index is 2.10. The third kappa shape index (κ3) is 2.94. The summed E-state index contributed by atoms with van der Waals surface area (Å²) in [5.74, 6) is -1.58. The second-order valence-electron chi connectivity index (χ2n) is 3.31. The SMILES string of the molecule is CCOC(=O)c1csc(N=NC2=C(O)COC2=O)n1. The van der Waals surface area contributed by atoms with E-state index in [1.54, 1.807) is 6.92 Å². The standard InChI is InChI=1S/C10H9N3O5S/c1-2-17-8(15)5-4-19-10(11-5)13-12-7-6(14)3-18-9(7)16/h4,14H,2-3H2,1H3. The van der Waals surface area contributed by atoms with Gasteiger partial charge in [-0.25, -0.2) is 14.6 Å². The normalized spacial score (nSPS) is 15.1. The lowest BCUT2D eigenvalue weighted by atomic mass is 10.4.